The Morgan fingerprint density at radius 1 is 0.972 bits per heavy atom. The number of amides is 1. The number of benzene rings is 3. The van der Waals surface area contributed by atoms with Crippen molar-refractivity contribution in [3.63, 3.8) is 0 Å². The van der Waals surface area contributed by atoms with Gasteiger partial charge in [0.15, 0.2) is 11.4 Å². The molecular formula is C27H23FN4O4. The van der Waals surface area contributed by atoms with E-state index in [0.29, 0.717) is 28.4 Å². The van der Waals surface area contributed by atoms with Crippen molar-refractivity contribution in [3.05, 3.63) is 101 Å². The number of halogens is 1. The Balaban J connectivity index is 1.48. The van der Waals surface area contributed by atoms with Crippen LogP contribution in [0.25, 0.3) is 5.69 Å². The highest BCUT2D eigenvalue weighted by atomic mass is 19.1. The van der Waals surface area contributed by atoms with Crippen LogP contribution >= 0.6 is 0 Å². The molecule has 5 rings (SSSR count). The normalized spacial score (nSPS) is 12.6. The van der Waals surface area contributed by atoms with E-state index in [9.17, 15) is 14.0 Å². The van der Waals surface area contributed by atoms with Crippen molar-refractivity contribution in [2.45, 2.75) is 18.9 Å². The van der Waals surface area contributed by atoms with Crippen molar-refractivity contribution >= 4 is 17.3 Å². The van der Waals surface area contributed by atoms with Crippen LogP contribution < -0.4 is 25.7 Å². The molecule has 1 heterocycles. The van der Waals surface area contributed by atoms with E-state index in [-0.39, 0.29) is 23.4 Å². The van der Waals surface area contributed by atoms with Gasteiger partial charge in [0.05, 0.1) is 19.0 Å². The largest absolute Gasteiger partial charge is 0.497 e. The molecule has 0 atom stereocenters. The third-order valence-electron chi connectivity index (χ3n) is 5.63. The van der Waals surface area contributed by atoms with E-state index < -0.39 is 11.4 Å². The van der Waals surface area contributed by atoms with Gasteiger partial charge in [-0.25, -0.2) is 4.39 Å². The quantitative estimate of drug-likeness (QED) is 0.371. The summed E-state index contributed by atoms with van der Waals surface area (Å²) in [4.78, 5) is 25.8. The molecule has 9 heteroatoms. The van der Waals surface area contributed by atoms with Gasteiger partial charge in [-0.2, -0.15) is 9.78 Å². The lowest BCUT2D eigenvalue weighted by molar-refractivity contribution is 0.0951. The number of carbonyl (C=O) groups excluding carboxylic acids is 1. The lowest BCUT2D eigenvalue weighted by Crippen LogP contribution is -2.25. The number of methoxy groups -OCH3 is 1. The first-order valence-corrected chi connectivity index (χ1v) is 11.4. The minimum Gasteiger partial charge on any atom is -0.497 e. The first-order chi connectivity index (χ1) is 17.5. The molecule has 1 aliphatic rings. The van der Waals surface area contributed by atoms with Crippen molar-refractivity contribution in [2.75, 3.05) is 12.4 Å². The van der Waals surface area contributed by atoms with Crippen LogP contribution in [0.15, 0.2) is 83.8 Å². The molecule has 182 valence electrons. The average molecular weight is 487 g/mol. The van der Waals surface area contributed by atoms with Gasteiger partial charge in [0.25, 0.3) is 11.5 Å². The number of nitrogens with one attached hydrogen (secondary N) is 2. The molecule has 0 radical (unpaired) electrons. The average Bonchev–Trinajstić information content (AvgIpc) is 3.72. The number of hydrogen-bond acceptors (Lipinski definition) is 6. The molecule has 0 unspecified atom stereocenters. The van der Waals surface area contributed by atoms with Crippen LogP contribution in [0, 0.1) is 5.82 Å². The monoisotopic (exact) mass is 486 g/mol. The van der Waals surface area contributed by atoms with Gasteiger partial charge in [-0.05, 0) is 85.6 Å². The van der Waals surface area contributed by atoms with Crippen molar-refractivity contribution in [1.82, 2.24) is 15.1 Å². The third kappa shape index (κ3) is 5.20. The first-order valence-electron chi connectivity index (χ1n) is 11.4. The molecule has 0 bridgehead atoms. The van der Waals surface area contributed by atoms with E-state index in [2.05, 4.69) is 15.7 Å². The van der Waals surface area contributed by atoms with Gasteiger partial charge in [-0.3, -0.25) is 9.59 Å². The summed E-state index contributed by atoms with van der Waals surface area (Å²) in [7, 11) is 1.57. The van der Waals surface area contributed by atoms with Crippen LogP contribution in [0.5, 0.6) is 17.2 Å². The molecule has 1 saturated carbocycles. The maximum atomic E-state index is 13.5. The zero-order chi connectivity index (χ0) is 25.1. The molecule has 1 aromatic heterocycles. The second-order valence-electron chi connectivity index (χ2n) is 8.30. The SMILES string of the molecule is COc1ccc(Oc2cnn(-c3ccc(F)cc3)c(=O)c2Nc2ccc(C(=O)NC3CC3)cc2)cc1. The number of anilines is 2. The fourth-order valence-electron chi connectivity index (χ4n) is 3.51. The lowest BCUT2D eigenvalue weighted by atomic mass is 10.2. The van der Waals surface area contributed by atoms with E-state index in [4.69, 9.17) is 9.47 Å². The zero-order valence-electron chi connectivity index (χ0n) is 19.4. The smallest absolute Gasteiger partial charge is 0.299 e. The summed E-state index contributed by atoms with van der Waals surface area (Å²) in [6.07, 6.45) is 3.42. The van der Waals surface area contributed by atoms with E-state index in [0.717, 1.165) is 17.5 Å². The summed E-state index contributed by atoms with van der Waals surface area (Å²) in [5.41, 5.74) is 1.13. The van der Waals surface area contributed by atoms with Crippen molar-refractivity contribution in [3.8, 4) is 22.9 Å². The van der Waals surface area contributed by atoms with E-state index in [1.807, 2.05) is 0 Å². The Hall–Kier alpha value is -4.66. The summed E-state index contributed by atoms with van der Waals surface area (Å²) in [5.74, 6) is 0.785. The summed E-state index contributed by atoms with van der Waals surface area (Å²) in [6.45, 7) is 0. The maximum absolute atomic E-state index is 13.5. The van der Waals surface area contributed by atoms with E-state index in [1.165, 1.54) is 30.5 Å². The number of hydrogen-bond donors (Lipinski definition) is 2. The first kappa shape index (κ1) is 23.1. The van der Waals surface area contributed by atoms with Crippen LogP contribution in [0.4, 0.5) is 15.8 Å². The zero-order valence-corrected chi connectivity index (χ0v) is 19.4. The van der Waals surface area contributed by atoms with Gasteiger partial charge >= 0.3 is 0 Å². The number of rotatable bonds is 8. The second-order valence-corrected chi connectivity index (χ2v) is 8.30. The van der Waals surface area contributed by atoms with Crippen LogP contribution in [-0.4, -0.2) is 28.8 Å². The molecule has 36 heavy (non-hydrogen) atoms. The molecule has 0 spiro atoms. The van der Waals surface area contributed by atoms with Gasteiger partial charge in [-0.15, -0.1) is 0 Å². The van der Waals surface area contributed by atoms with E-state index >= 15 is 0 Å². The minimum absolute atomic E-state index is 0.125. The van der Waals surface area contributed by atoms with Crippen LogP contribution in [0.1, 0.15) is 23.2 Å². The summed E-state index contributed by atoms with van der Waals surface area (Å²) in [5, 5.41) is 10.3. The van der Waals surface area contributed by atoms with Gasteiger partial charge in [0.2, 0.25) is 0 Å². The Bertz CT molecular complexity index is 1430. The predicted molar refractivity (Wildman–Crippen MR) is 133 cm³/mol. The van der Waals surface area contributed by atoms with Crippen LogP contribution in [0.2, 0.25) is 0 Å². The summed E-state index contributed by atoms with van der Waals surface area (Å²) < 4.78 is 25.7. The van der Waals surface area contributed by atoms with Gasteiger partial charge in [0, 0.05) is 17.3 Å². The number of nitrogens with zero attached hydrogens (tertiary/aromatic N) is 2. The molecule has 8 nitrogen and oxygen atoms in total. The highest BCUT2D eigenvalue weighted by Crippen LogP contribution is 2.30. The molecule has 0 aliphatic heterocycles. The fourth-order valence-corrected chi connectivity index (χ4v) is 3.51. The molecule has 1 aliphatic carbocycles. The molecule has 1 fully saturated rings. The molecule has 2 N–H and O–H groups in total. The summed E-state index contributed by atoms with van der Waals surface area (Å²) >= 11 is 0. The fraction of sp³-hybridized carbons (Fsp3) is 0.148. The highest BCUT2D eigenvalue weighted by molar-refractivity contribution is 5.95. The van der Waals surface area contributed by atoms with Crippen LogP contribution in [0.3, 0.4) is 0 Å². The molecule has 0 saturated heterocycles. The van der Waals surface area contributed by atoms with Gasteiger partial charge in [-0.1, -0.05) is 0 Å². The highest BCUT2D eigenvalue weighted by Gasteiger charge is 2.23. The second kappa shape index (κ2) is 9.91. The third-order valence-corrected chi connectivity index (χ3v) is 5.63. The standard InChI is InChI=1S/C27H23FN4O4/c1-35-22-12-14-23(15-13-22)36-24-16-29-32(21-10-4-18(28)5-11-21)27(34)25(24)30-19-6-2-17(3-7-19)26(33)31-20-8-9-20/h2-7,10-16,20,30H,8-9H2,1H3,(H,31,33). The van der Waals surface area contributed by atoms with Crippen molar-refractivity contribution in [1.29, 1.82) is 0 Å². The van der Waals surface area contributed by atoms with Crippen LogP contribution in [-0.2, 0) is 0 Å². The molecule has 1 amide bonds. The Morgan fingerprint density at radius 2 is 1.64 bits per heavy atom. The number of ether oxygens (including phenoxy) is 2. The van der Waals surface area contributed by atoms with Gasteiger partial charge in [0.1, 0.15) is 17.3 Å². The Morgan fingerprint density at radius 3 is 2.28 bits per heavy atom. The molecule has 4 aromatic rings. The minimum atomic E-state index is -0.497. The Labute approximate surface area is 206 Å². The van der Waals surface area contributed by atoms with E-state index in [1.54, 1.807) is 55.6 Å². The summed E-state index contributed by atoms with van der Waals surface area (Å²) in [6, 6.07) is 19.4. The van der Waals surface area contributed by atoms with Gasteiger partial charge < -0.3 is 20.1 Å². The predicted octanol–water partition coefficient (Wildman–Crippen LogP) is 4.81. The molecule has 3 aromatic carbocycles. The maximum Gasteiger partial charge on any atom is 0.299 e. The topological polar surface area (TPSA) is 94.5 Å². The van der Waals surface area contributed by atoms with Crippen molar-refractivity contribution in [2.24, 2.45) is 0 Å². The van der Waals surface area contributed by atoms with Crippen molar-refractivity contribution < 1.29 is 18.7 Å². The Kier molecular flexibility index (Phi) is 6.36. The molecular weight excluding hydrogens is 463 g/mol. The number of carbonyl (C=O) groups is 1. The number of aromatic nitrogens is 2. The lowest BCUT2D eigenvalue weighted by Gasteiger charge is -2.15.